The Bertz CT molecular complexity index is 656. The lowest BCUT2D eigenvalue weighted by atomic mass is 10.0. The Hall–Kier alpha value is -2.19. The summed E-state index contributed by atoms with van der Waals surface area (Å²) in [6.07, 6.45) is 1.45. The molecular formula is C11H15N5O3. The highest BCUT2D eigenvalue weighted by Gasteiger charge is 2.14. The maximum Gasteiger partial charge on any atom is 0.280 e. The minimum Gasteiger partial charge on any atom is -0.396 e. The highest BCUT2D eigenvalue weighted by molar-refractivity contribution is 5.70. The minimum atomic E-state index is -0.420. The molecule has 0 aromatic carbocycles. The summed E-state index contributed by atoms with van der Waals surface area (Å²) in [6.45, 7) is 3.71. The Kier molecular flexibility index (Phi) is 3.63. The zero-order chi connectivity index (χ0) is 14.0. The molecule has 0 radical (unpaired) electrons. The molecule has 2 aromatic rings. The van der Waals surface area contributed by atoms with E-state index in [2.05, 4.69) is 21.5 Å². The van der Waals surface area contributed by atoms with Gasteiger partial charge in [-0.05, 0) is 5.57 Å². The largest absolute Gasteiger partial charge is 0.396 e. The lowest BCUT2D eigenvalue weighted by Gasteiger charge is -2.14. The summed E-state index contributed by atoms with van der Waals surface area (Å²) in [4.78, 5) is 21.9. The van der Waals surface area contributed by atoms with Crippen LogP contribution in [0.25, 0.3) is 11.2 Å². The van der Waals surface area contributed by atoms with Crippen LogP contribution >= 0.6 is 0 Å². The van der Waals surface area contributed by atoms with E-state index in [1.165, 1.54) is 6.33 Å². The van der Waals surface area contributed by atoms with Crippen molar-refractivity contribution in [2.45, 2.75) is 6.54 Å². The lowest BCUT2D eigenvalue weighted by Crippen LogP contribution is -2.17. The molecule has 8 heteroatoms. The van der Waals surface area contributed by atoms with Gasteiger partial charge in [-0.15, -0.1) is 0 Å². The zero-order valence-electron chi connectivity index (χ0n) is 10.2. The van der Waals surface area contributed by atoms with Crippen molar-refractivity contribution in [3.63, 3.8) is 0 Å². The van der Waals surface area contributed by atoms with Gasteiger partial charge in [-0.2, -0.15) is 4.98 Å². The number of anilines is 1. The Morgan fingerprint density at radius 3 is 2.84 bits per heavy atom. The van der Waals surface area contributed by atoms with Crippen LogP contribution in [0, 0.1) is 5.92 Å². The Morgan fingerprint density at radius 2 is 2.21 bits per heavy atom. The van der Waals surface area contributed by atoms with Gasteiger partial charge >= 0.3 is 0 Å². The van der Waals surface area contributed by atoms with Gasteiger partial charge in [0.1, 0.15) is 0 Å². The number of nitrogens with one attached hydrogen (secondary N) is 1. The van der Waals surface area contributed by atoms with E-state index < -0.39 is 11.5 Å². The summed E-state index contributed by atoms with van der Waals surface area (Å²) in [5.74, 6) is -0.414. The third-order valence-electron chi connectivity index (χ3n) is 2.88. The molecule has 19 heavy (non-hydrogen) atoms. The van der Waals surface area contributed by atoms with Crippen LogP contribution in [-0.2, 0) is 6.54 Å². The molecule has 0 aliphatic rings. The Morgan fingerprint density at radius 1 is 1.53 bits per heavy atom. The number of aromatic amines is 1. The molecule has 0 unspecified atom stereocenters. The van der Waals surface area contributed by atoms with Crippen LogP contribution < -0.4 is 11.3 Å². The summed E-state index contributed by atoms with van der Waals surface area (Å²) in [5, 5.41) is 18.2. The first-order valence-electron chi connectivity index (χ1n) is 5.66. The molecule has 0 fully saturated rings. The fraction of sp³-hybridized carbons (Fsp3) is 0.364. The van der Waals surface area contributed by atoms with Crippen molar-refractivity contribution < 1.29 is 10.2 Å². The molecule has 0 aliphatic heterocycles. The first-order chi connectivity index (χ1) is 9.06. The number of imidazole rings is 1. The van der Waals surface area contributed by atoms with Gasteiger partial charge in [0.15, 0.2) is 11.2 Å². The SMILES string of the molecule is C=C(Cn1cnc2c(=O)[nH]c(N)nc21)C(CO)CO. The van der Waals surface area contributed by atoms with Crippen molar-refractivity contribution in [2.75, 3.05) is 18.9 Å². The fourth-order valence-electron chi connectivity index (χ4n) is 1.75. The molecule has 0 spiro atoms. The van der Waals surface area contributed by atoms with E-state index in [9.17, 15) is 4.79 Å². The van der Waals surface area contributed by atoms with Gasteiger partial charge in [0.2, 0.25) is 5.95 Å². The molecule has 2 rings (SSSR count). The fourth-order valence-corrected chi connectivity index (χ4v) is 1.75. The second kappa shape index (κ2) is 5.21. The number of aliphatic hydroxyl groups excluding tert-OH is 2. The Balaban J connectivity index is 2.36. The topological polar surface area (TPSA) is 130 Å². The summed E-state index contributed by atoms with van der Waals surface area (Å²) in [6, 6.07) is 0. The number of nitrogens with two attached hydrogens (primary N) is 1. The third kappa shape index (κ3) is 2.49. The van der Waals surface area contributed by atoms with Crippen LogP contribution in [0.1, 0.15) is 0 Å². The summed E-state index contributed by atoms with van der Waals surface area (Å²) in [5.41, 5.74) is 6.22. The van der Waals surface area contributed by atoms with E-state index in [-0.39, 0.29) is 31.2 Å². The smallest absolute Gasteiger partial charge is 0.280 e. The van der Waals surface area contributed by atoms with Crippen LogP contribution in [0.15, 0.2) is 23.3 Å². The van der Waals surface area contributed by atoms with Crippen LogP contribution in [0.5, 0.6) is 0 Å². The van der Waals surface area contributed by atoms with Gasteiger partial charge in [-0.1, -0.05) is 6.58 Å². The molecule has 8 nitrogen and oxygen atoms in total. The van der Waals surface area contributed by atoms with E-state index >= 15 is 0 Å². The second-order valence-electron chi connectivity index (χ2n) is 4.22. The first-order valence-corrected chi connectivity index (χ1v) is 5.66. The number of aliphatic hydroxyl groups is 2. The van der Waals surface area contributed by atoms with Gasteiger partial charge in [-0.25, -0.2) is 4.98 Å². The monoisotopic (exact) mass is 265 g/mol. The number of hydrogen-bond donors (Lipinski definition) is 4. The lowest BCUT2D eigenvalue weighted by molar-refractivity contribution is 0.168. The van der Waals surface area contributed by atoms with Gasteiger partial charge in [-0.3, -0.25) is 9.78 Å². The van der Waals surface area contributed by atoms with Crippen molar-refractivity contribution in [3.05, 3.63) is 28.8 Å². The molecule has 2 aromatic heterocycles. The quantitative estimate of drug-likeness (QED) is 0.505. The van der Waals surface area contributed by atoms with E-state index in [4.69, 9.17) is 15.9 Å². The number of aromatic nitrogens is 4. The molecule has 5 N–H and O–H groups in total. The third-order valence-corrected chi connectivity index (χ3v) is 2.88. The van der Waals surface area contributed by atoms with Crippen molar-refractivity contribution in [1.82, 2.24) is 19.5 Å². The summed E-state index contributed by atoms with van der Waals surface area (Å²) < 4.78 is 1.60. The number of nitrogens with zero attached hydrogens (tertiary/aromatic N) is 3. The Labute approximate surface area is 108 Å². The van der Waals surface area contributed by atoms with Gasteiger partial charge in [0.05, 0.1) is 19.5 Å². The second-order valence-corrected chi connectivity index (χ2v) is 4.22. The predicted molar refractivity (Wildman–Crippen MR) is 69.4 cm³/mol. The van der Waals surface area contributed by atoms with Gasteiger partial charge in [0, 0.05) is 12.5 Å². The highest BCUT2D eigenvalue weighted by atomic mass is 16.3. The molecule has 0 saturated carbocycles. The van der Waals surface area contributed by atoms with Crippen LogP contribution in [0.4, 0.5) is 5.95 Å². The average molecular weight is 265 g/mol. The van der Waals surface area contributed by atoms with Gasteiger partial charge in [0.25, 0.3) is 5.56 Å². The molecule has 0 atom stereocenters. The number of nitrogen functional groups attached to an aromatic ring is 1. The van der Waals surface area contributed by atoms with E-state index in [1.54, 1.807) is 4.57 Å². The van der Waals surface area contributed by atoms with Crippen LogP contribution in [0.2, 0.25) is 0 Å². The maximum absolute atomic E-state index is 11.6. The van der Waals surface area contributed by atoms with E-state index in [0.29, 0.717) is 11.2 Å². The first kappa shape index (κ1) is 13.2. The molecule has 0 amide bonds. The van der Waals surface area contributed by atoms with Crippen LogP contribution in [-0.4, -0.2) is 42.9 Å². The van der Waals surface area contributed by atoms with Crippen molar-refractivity contribution >= 4 is 17.1 Å². The highest BCUT2D eigenvalue weighted by Crippen LogP contribution is 2.14. The maximum atomic E-state index is 11.6. The molecule has 0 aliphatic carbocycles. The van der Waals surface area contributed by atoms with E-state index in [1.807, 2.05) is 0 Å². The van der Waals surface area contributed by atoms with E-state index in [0.717, 1.165) is 0 Å². The average Bonchev–Trinajstić information content (AvgIpc) is 2.74. The number of fused-ring (bicyclic) bond motifs is 1. The van der Waals surface area contributed by atoms with Crippen molar-refractivity contribution in [2.24, 2.45) is 5.92 Å². The van der Waals surface area contributed by atoms with Crippen molar-refractivity contribution in [1.29, 1.82) is 0 Å². The molecule has 2 heterocycles. The normalized spacial score (nSPS) is 11.3. The molecule has 102 valence electrons. The summed E-state index contributed by atoms with van der Waals surface area (Å²) >= 11 is 0. The number of hydrogen-bond acceptors (Lipinski definition) is 6. The molecular weight excluding hydrogens is 250 g/mol. The molecule has 0 saturated heterocycles. The van der Waals surface area contributed by atoms with Crippen LogP contribution in [0.3, 0.4) is 0 Å². The number of rotatable bonds is 5. The zero-order valence-corrected chi connectivity index (χ0v) is 10.2. The summed E-state index contributed by atoms with van der Waals surface area (Å²) in [7, 11) is 0. The minimum absolute atomic E-state index is 0.00530. The molecule has 0 bridgehead atoms. The van der Waals surface area contributed by atoms with Gasteiger partial charge < -0.3 is 20.5 Å². The van der Waals surface area contributed by atoms with Crippen molar-refractivity contribution in [3.8, 4) is 0 Å². The standard InChI is InChI=1S/C11H15N5O3/c1-6(7(3-17)4-18)2-16-5-13-8-9(16)14-11(12)15-10(8)19/h5,7,17-18H,1-4H2,(H3,12,14,15,19). The predicted octanol–water partition coefficient (Wildman–Crippen LogP) is -1.14. The number of H-pyrrole nitrogens is 1.